The van der Waals surface area contributed by atoms with Gasteiger partial charge in [0.1, 0.15) is 0 Å². The Balaban J connectivity index is 1.66. The molecule has 0 bridgehead atoms. The fourth-order valence-corrected chi connectivity index (χ4v) is 10.3. The van der Waals surface area contributed by atoms with Gasteiger partial charge in [0, 0.05) is 0 Å². The van der Waals surface area contributed by atoms with Crippen LogP contribution < -0.4 is 0 Å². The molecule has 3 N–H and O–H groups in total. The zero-order valence-electron chi connectivity index (χ0n) is 22.7. The van der Waals surface area contributed by atoms with Crippen LogP contribution in [0.4, 0.5) is 0 Å². The average Bonchev–Trinajstić information content (AvgIpc) is 3.08. The summed E-state index contributed by atoms with van der Waals surface area (Å²) in [6, 6.07) is 0. The number of fused-ring (bicyclic) bond motifs is 5. The number of hydrogen-bond acceptors (Lipinski definition) is 3. The molecule has 0 amide bonds. The van der Waals surface area contributed by atoms with E-state index in [0.29, 0.717) is 11.8 Å². The van der Waals surface area contributed by atoms with E-state index in [1.807, 2.05) is 6.92 Å². The lowest BCUT2D eigenvalue weighted by Crippen LogP contribution is -2.66. The van der Waals surface area contributed by atoms with Crippen LogP contribution in [0, 0.1) is 45.3 Å². The molecule has 0 saturated heterocycles. The first kappa shape index (κ1) is 25.7. The summed E-state index contributed by atoms with van der Waals surface area (Å²) in [7, 11) is 0. The van der Waals surface area contributed by atoms with Gasteiger partial charge < -0.3 is 15.3 Å². The minimum Gasteiger partial charge on any atom is -0.393 e. The van der Waals surface area contributed by atoms with Crippen LogP contribution in [0.5, 0.6) is 0 Å². The lowest BCUT2D eigenvalue weighted by molar-refractivity contribution is -0.246. The summed E-state index contributed by atoms with van der Waals surface area (Å²) in [5.74, 6) is 1.31. The highest BCUT2D eigenvalue weighted by atomic mass is 16.3. The van der Waals surface area contributed by atoms with Gasteiger partial charge in [0.2, 0.25) is 0 Å². The predicted octanol–water partition coefficient (Wildman–Crippen LogP) is 6.50. The van der Waals surface area contributed by atoms with E-state index in [-0.39, 0.29) is 45.7 Å². The number of hydrogen-bond donors (Lipinski definition) is 3. The maximum absolute atomic E-state index is 11.8. The van der Waals surface area contributed by atoms with E-state index in [1.165, 1.54) is 18.4 Å². The highest BCUT2D eigenvalue weighted by molar-refractivity contribution is 5.20. The van der Waals surface area contributed by atoms with E-state index in [1.54, 1.807) is 0 Å². The minimum absolute atomic E-state index is 0.0503. The maximum atomic E-state index is 11.8. The van der Waals surface area contributed by atoms with Crippen LogP contribution in [0.3, 0.4) is 0 Å². The first-order chi connectivity index (χ1) is 15.1. The van der Waals surface area contributed by atoms with E-state index >= 15 is 0 Å². The summed E-state index contributed by atoms with van der Waals surface area (Å²) in [4.78, 5) is 0. The number of rotatable bonds is 4. The van der Waals surface area contributed by atoms with Crippen molar-refractivity contribution in [1.29, 1.82) is 0 Å². The third-order valence-corrected chi connectivity index (χ3v) is 12.4. The van der Waals surface area contributed by atoms with Gasteiger partial charge in [-0.05, 0) is 124 Å². The van der Waals surface area contributed by atoms with Gasteiger partial charge in [-0.25, -0.2) is 0 Å². The Kier molecular flexibility index (Phi) is 6.28. The van der Waals surface area contributed by atoms with Crippen LogP contribution in [0.1, 0.15) is 113 Å². The van der Waals surface area contributed by atoms with Gasteiger partial charge in [-0.1, -0.05) is 46.3 Å². The Labute approximate surface area is 203 Å². The topological polar surface area (TPSA) is 60.7 Å². The molecule has 0 spiro atoms. The molecule has 4 aliphatic carbocycles. The van der Waals surface area contributed by atoms with Crippen LogP contribution in [-0.2, 0) is 0 Å². The van der Waals surface area contributed by atoms with Crippen LogP contribution >= 0.6 is 0 Å². The van der Waals surface area contributed by atoms with Crippen molar-refractivity contribution in [3.8, 4) is 0 Å². The molecule has 0 radical (unpaired) electrons. The van der Waals surface area contributed by atoms with Gasteiger partial charge in [0.15, 0.2) is 0 Å². The average molecular weight is 461 g/mol. The second-order valence-electron chi connectivity index (χ2n) is 14.5. The molecule has 1 unspecified atom stereocenters. The second-order valence-corrected chi connectivity index (χ2v) is 14.5. The molecule has 33 heavy (non-hydrogen) atoms. The summed E-state index contributed by atoms with van der Waals surface area (Å²) >= 11 is 0. The van der Waals surface area contributed by atoms with Gasteiger partial charge in [-0.15, -0.1) is 0 Å². The van der Waals surface area contributed by atoms with Crippen molar-refractivity contribution in [2.75, 3.05) is 0 Å². The molecular weight excluding hydrogens is 408 g/mol. The Morgan fingerprint density at radius 3 is 2.18 bits per heavy atom. The summed E-state index contributed by atoms with van der Waals surface area (Å²) in [6.07, 6.45) is 10.6. The molecule has 0 aliphatic heterocycles. The maximum Gasteiger partial charge on any atom is 0.0654 e. The van der Waals surface area contributed by atoms with E-state index < -0.39 is 5.60 Å². The van der Waals surface area contributed by atoms with Gasteiger partial charge in [0.25, 0.3) is 0 Å². The lowest BCUT2D eigenvalue weighted by Gasteiger charge is -2.70. The Morgan fingerprint density at radius 2 is 1.55 bits per heavy atom. The van der Waals surface area contributed by atoms with E-state index in [2.05, 4.69) is 54.5 Å². The van der Waals surface area contributed by atoms with E-state index in [0.717, 1.165) is 44.9 Å². The SMILES string of the molecule is CC(C)=CCC[C@@](C)(O)[C@H]1CC[C@@]2(C)[C@@H]1[C@H](O)C[C@@H]1[C@@]3(C)CC[C@H](O)C(C)(C)C3CC[C@]12C. The minimum atomic E-state index is -0.739. The van der Waals surface area contributed by atoms with Crippen LogP contribution in [0.2, 0.25) is 0 Å². The predicted molar refractivity (Wildman–Crippen MR) is 136 cm³/mol. The molecule has 0 aromatic carbocycles. The summed E-state index contributed by atoms with van der Waals surface area (Å²) in [5.41, 5.74) is 0.885. The van der Waals surface area contributed by atoms with Gasteiger partial charge >= 0.3 is 0 Å². The van der Waals surface area contributed by atoms with E-state index in [9.17, 15) is 15.3 Å². The molecule has 3 nitrogen and oxygen atoms in total. The van der Waals surface area contributed by atoms with Gasteiger partial charge in [-0.2, -0.15) is 0 Å². The standard InChI is InChI=1S/C30H52O3/c1-19(2)10-9-14-30(8,33)20-11-16-29(7)25(20)21(31)18-23-27(5)15-13-24(32)26(3,4)22(27)12-17-28(23,29)6/h10,20-25,31-33H,9,11-18H2,1-8H3/t20-,21+,22?,23+,24-,25-,27-,28+,29-,30+/m0/s1. The molecule has 0 aromatic rings. The van der Waals surface area contributed by atoms with Crippen molar-refractivity contribution in [2.45, 2.75) is 131 Å². The number of aliphatic hydroxyl groups is 3. The number of aliphatic hydroxyl groups excluding tert-OH is 2. The van der Waals surface area contributed by atoms with E-state index in [4.69, 9.17) is 0 Å². The fraction of sp³-hybridized carbons (Fsp3) is 0.933. The quantitative estimate of drug-likeness (QED) is 0.420. The van der Waals surface area contributed by atoms with Crippen molar-refractivity contribution < 1.29 is 15.3 Å². The molecule has 3 heteroatoms. The van der Waals surface area contributed by atoms with Crippen molar-refractivity contribution >= 4 is 0 Å². The molecule has 190 valence electrons. The van der Waals surface area contributed by atoms with Crippen molar-refractivity contribution in [3.05, 3.63) is 11.6 Å². The zero-order chi connectivity index (χ0) is 24.6. The smallest absolute Gasteiger partial charge is 0.0654 e. The summed E-state index contributed by atoms with van der Waals surface area (Å²) in [5, 5.41) is 34.3. The fourth-order valence-electron chi connectivity index (χ4n) is 10.3. The van der Waals surface area contributed by atoms with Crippen molar-refractivity contribution in [3.63, 3.8) is 0 Å². The van der Waals surface area contributed by atoms with Crippen LogP contribution in [0.25, 0.3) is 0 Å². The van der Waals surface area contributed by atoms with Crippen molar-refractivity contribution in [1.82, 2.24) is 0 Å². The highest BCUT2D eigenvalue weighted by Gasteiger charge is 2.71. The molecule has 10 atom stereocenters. The largest absolute Gasteiger partial charge is 0.393 e. The normalized spacial score (nSPS) is 50.5. The Bertz CT molecular complexity index is 779. The molecule has 4 fully saturated rings. The second kappa shape index (κ2) is 8.07. The Morgan fingerprint density at radius 1 is 0.909 bits per heavy atom. The highest BCUT2D eigenvalue weighted by Crippen LogP contribution is 2.75. The van der Waals surface area contributed by atoms with Crippen LogP contribution in [0.15, 0.2) is 11.6 Å². The molecule has 0 heterocycles. The van der Waals surface area contributed by atoms with Crippen LogP contribution in [-0.4, -0.2) is 33.1 Å². The zero-order valence-corrected chi connectivity index (χ0v) is 22.7. The molecular formula is C30H52O3. The van der Waals surface area contributed by atoms with Gasteiger partial charge in [-0.3, -0.25) is 0 Å². The summed E-state index contributed by atoms with van der Waals surface area (Å²) < 4.78 is 0. The number of allylic oxidation sites excluding steroid dienone is 2. The van der Waals surface area contributed by atoms with Gasteiger partial charge in [0.05, 0.1) is 17.8 Å². The first-order valence-electron chi connectivity index (χ1n) is 13.8. The third-order valence-electron chi connectivity index (χ3n) is 12.4. The monoisotopic (exact) mass is 460 g/mol. The molecule has 4 saturated carbocycles. The molecule has 4 rings (SSSR count). The Hall–Kier alpha value is -0.380. The third kappa shape index (κ3) is 3.61. The molecule has 4 aliphatic rings. The first-order valence-corrected chi connectivity index (χ1v) is 13.8. The van der Waals surface area contributed by atoms with Crippen molar-refractivity contribution in [2.24, 2.45) is 45.3 Å². The summed E-state index contributed by atoms with van der Waals surface area (Å²) in [6.45, 7) is 18.3. The lowest BCUT2D eigenvalue weighted by atomic mass is 9.35. The molecule has 0 aromatic heterocycles.